The molecule has 0 aliphatic carbocycles. The summed E-state index contributed by atoms with van der Waals surface area (Å²) in [4.78, 5) is 0. The molecule has 0 radical (unpaired) electrons. The average molecular weight is 511 g/mol. The lowest BCUT2D eigenvalue weighted by atomic mass is 9.74. The third kappa shape index (κ3) is 4.54. The van der Waals surface area contributed by atoms with E-state index < -0.39 is 6.23 Å². The van der Waals surface area contributed by atoms with Crippen LogP contribution < -0.4 is 21.3 Å². The van der Waals surface area contributed by atoms with Crippen molar-refractivity contribution in [2.75, 3.05) is 0 Å². The first-order valence-corrected chi connectivity index (χ1v) is 11.7. The highest BCUT2D eigenvalue weighted by Gasteiger charge is 2.49. The quantitative estimate of drug-likeness (QED) is 0.430. The molecule has 2 aliphatic rings. The molecular weight excluding hydrogens is 490 g/mol. The number of nitrogens with zero attached hydrogens (tertiary/aromatic N) is 1. The van der Waals surface area contributed by atoms with Crippen LogP contribution in [0.15, 0.2) is 78.2 Å². The Hall–Kier alpha value is -3.28. The van der Waals surface area contributed by atoms with Crippen LogP contribution >= 0.6 is 23.2 Å². The lowest BCUT2D eigenvalue weighted by molar-refractivity contribution is 0.0340. The molecule has 0 bridgehead atoms. The highest BCUT2D eigenvalue weighted by atomic mass is 35.5. The molecule has 0 saturated carbocycles. The summed E-state index contributed by atoms with van der Waals surface area (Å²) in [6.07, 6.45) is -0.464. The number of nitrogens with two attached hydrogens (primary N) is 1. The van der Waals surface area contributed by atoms with Gasteiger partial charge in [-0.05, 0) is 41.5 Å². The highest BCUT2D eigenvalue weighted by molar-refractivity contribution is 6.42. The van der Waals surface area contributed by atoms with Crippen LogP contribution in [-0.2, 0) is 11.3 Å². The summed E-state index contributed by atoms with van der Waals surface area (Å²) in [7, 11) is 0. The fraction of sp³-hybridized carbons (Fsp3) is 0.192. The van der Waals surface area contributed by atoms with E-state index in [4.69, 9.17) is 38.4 Å². The van der Waals surface area contributed by atoms with E-state index in [9.17, 15) is 9.65 Å². The zero-order chi connectivity index (χ0) is 24.5. The maximum Gasteiger partial charge on any atom is 0.200 e. The van der Waals surface area contributed by atoms with Crippen LogP contribution in [0.2, 0.25) is 10.0 Å². The van der Waals surface area contributed by atoms with Gasteiger partial charge in [-0.3, -0.25) is 0 Å². The van der Waals surface area contributed by atoms with Gasteiger partial charge >= 0.3 is 0 Å². The van der Waals surface area contributed by atoms with E-state index >= 15 is 0 Å². The Labute approximate surface area is 212 Å². The smallest absolute Gasteiger partial charge is 0.200 e. The number of rotatable bonds is 5. The summed E-state index contributed by atoms with van der Waals surface area (Å²) in [5.41, 5.74) is 15.1. The van der Waals surface area contributed by atoms with Gasteiger partial charge in [0.25, 0.3) is 0 Å². The monoisotopic (exact) mass is 510 g/mol. The van der Waals surface area contributed by atoms with Gasteiger partial charge in [0, 0.05) is 17.4 Å². The molecule has 2 heterocycles. The molecule has 0 aromatic heterocycles. The van der Waals surface area contributed by atoms with E-state index in [0.717, 1.165) is 11.1 Å². The molecule has 0 spiro atoms. The SMILES string of the molecule is N#CC1=C(N)OC2NNC(c3ccc(Cl)c(Cl)c3)C2C1c1ccc(OCc2ccccc2F)cc1. The van der Waals surface area contributed by atoms with Crippen molar-refractivity contribution in [1.82, 2.24) is 10.9 Å². The Morgan fingerprint density at radius 3 is 2.46 bits per heavy atom. The molecule has 3 aromatic carbocycles. The van der Waals surface area contributed by atoms with Crippen molar-refractivity contribution in [2.24, 2.45) is 11.7 Å². The van der Waals surface area contributed by atoms with E-state index in [1.807, 2.05) is 18.2 Å². The number of hydrazine groups is 1. The molecule has 35 heavy (non-hydrogen) atoms. The van der Waals surface area contributed by atoms with E-state index in [1.165, 1.54) is 6.07 Å². The van der Waals surface area contributed by atoms with Gasteiger partial charge in [-0.15, -0.1) is 0 Å². The normalized spacial score (nSPS) is 23.4. The fourth-order valence-electron chi connectivity index (χ4n) is 4.63. The Bertz CT molecular complexity index is 1330. The van der Waals surface area contributed by atoms with Gasteiger partial charge in [-0.1, -0.05) is 59.6 Å². The zero-order valence-electron chi connectivity index (χ0n) is 18.3. The lowest BCUT2D eigenvalue weighted by Gasteiger charge is -2.36. The average Bonchev–Trinajstić information content (AvgIpc) is 3.28. The summed E-state index contributed by atoms with van der Waals surface area (Å²) in [6, 6.07) is 21.3. The number of ether oxygens (including phenoxy) is 2. The van der Waals surface area contributed by atoms with Gasteiger partial charge in [-0.2, -0.15) is 5.26 Å². The van der Waals surface area contributed by atoms with Gasteiger partial charge in [0.15, 0.2) is 6.23 Å². The highest BCUT2D eigenvalue weighted by Crippen LogP contribution is 2.48. The van der Waals surface area contributed by atoms with Gasteiger partial charge in [0.2, 0.25) is 5.88 Å². The molecule has 4 atom stereocenters. The van der Waals surface area contributed by atoms with Crippen molar-refractivity contribution < 1.29 is 13.9 Å². The number of benzene rings is 3. The van der Waals surface area contributed by atoms with Crippen LogP contribution in [-0.4, -0.2) is 6.23 Å². The minimum atomic E-state index is -0.464. The molecule has 178 valence electrons. The van der Waals surface area contributed by atoms with Crippen LogP contribution in [0.3, 0.4) is 0 Å². The molecule has 5 rings (SSSR count). The van der Waals surface area contributed by atoms with Crippen LogP contribution in [0.25, 0.3) is 0 Å². The molecule has 4 N–H and O–H groups in total. The molecule has 1 saturated heterocycles. The van der Waals surface area contributed by atoms with E-state index in [-0.39, 0.29) is 36.2 Å². The third-order valence-corrected chi connectivity index (χ3v) is 7.08. The summed E-state index contributed by atoms with van der Waals surface area (Å²) < 4.78 is 25.5. The van der Waals surface area contributed by atoms with Crippen molar-refractivity contribution in [3.8, 4) is 11.8 Å². The lowest BCUT2D eigenvalue weighted by Crippen LogP contribution is -2.40. The Morgan fingerprint density at radius 2 is 1.74 bits per heavy atom. The Kier molecular flexibility index (Phi) is 6.54. The largest absolute Gasteiger partial charge is 0.489 e. The van der Waals surface area contributed by atoms with E-state index in [0.29, 0.717) is 26.9 Å². The number of fused-ring (bicyclic) bond motifs is 1. The van der Waals surface area contributed by atoms with Crippen LogP contribution in [0.1, 0.15) is 28.7 Å². The van der Waals surface area contributed by atoms with E-state index in [2.05, 4.69) is 16.9 Å². The Morgan fingerprint density at radius 1 is 1.00 bits per heavy atom. The first-order chi connectivity index (χ1) is 17.0. The Balaban J connectivity index is 1.44. The number of nitriles is 1. The summed E-state index contributed by atoms with van der Waals surface area (Å²) in [5.74, 6) is -0.214. The summed E-state index contributed by atoms with van der Waals surface area (Å²) in [6.45, 7) is 0.109. The number of hydrogen-bond donors (Lipinski definition) is 3. The first-order valence-electron chi connectivity index (χ1n) is 10.9. The maximum atomic E-state index is 13.9. The predicted octanol–water partition coefficient (Wildman–Crippen LogP) is 5.31. The van der Waals surface area contributed by atoms with Gasteiger partial charge in [0.05, 0.1) is 21.7 Å². The van der Waals surface area contributed by atoms with Crippen molar-refractivity contribution in [3.05, 3.63) is 111 Å². The molecule has 1 fully saturated rings. The van der Waals surface area contributed by atoms with Gasteiger partial charge in [0.1, 0.15) is 24.2 Å². The number of hydrogen-bond acceptors (Lipinski definition) is 6. The van der Waals surface area contributed by atoms with E-state index in [1.54, 1.807) is 42.5 Å². The molecule has 6 nitrogen and oxygen atoms in total. The number of halogens is 3. The second-order valence-electron chi connectivity index (χ2n) is 8.37. The summed E-state index contributed by atoms with van der Waals surface area (Å²) in [5, 5.41) is 10.8. The summed E-state index contributed by atoms with van der Waals surface area (Å²) >= 11 is 12.4. The molecule has 4 unspecified atom stereocenters. The standard InChI is InChI=1S/C26H21Cl2FN4O2/c27-19-10-7-15(11-20(19)28)24-23-22(18(12-30)25(31)35-26(23)33-32-24)14-5-8-17(9-6-14)34-13-16-3-1-2-4-21(16)29/h1-11,22-24,26,32-33H,13,31H2. The first kappa shape index (κ1) is 23.5. The van der Waals surface area contributed by atoms with Crippen molar-refractivity contribution in [3.63, 3.8) is 0 Å². The van der Waals surface area contributed by atoms with Crippen LogP contribution in [0, 0.1) is 23.1 Å². The molecular formula is C26H21Cl2FN4O2. The van der Waals surface area contributed by atoms with Crippen LogP contribution in [0.5, 0.6) is 5.75 Å². The van der Waals surface area contributed by atoms with Gasteiger partial charge in [-0.25, -0.2) is 15.2 Å². The second-order valence-corrected chi connectivity index (χ2v) is 9.19. The zero-order valence-corrected chi connectivity index (χ0v) is 19.9. The number of nitrogens with one attached hydrogen (secondary N) is 2. The third-order valence-electron chi connectivity index (χ3n) is 6.35. The fourth-order valence-corrected chi connectivity index (χ4v) is 4.94. The van der Waals surface area contributed by atoms with Gasteiger partial charge < -0.3 is 15.2 Å². The minimum absolute atomic E-state index is 0.0858. The predicted molar refractivity (Wildman–Crippen MR) is 131 cm³/mol. The molecule has 0 amide bonds. The minimum Gasteiger partial charge on any atom is -0.489 e. The number of allylic oxidation sites excluding steroid dienone is 1. The molecule has 9 heteroatoms. The van der Waals surface area contributed by atoms with Crippen molar-refractivity contribution >= 4 is 23.2 Å². The van der Waals surface area contributed by atoms with Crippen molar-refractivity contribution in [1.29, 1.82) is 5.26 Å². The topological polar surface area (TPSA) is 92.3 Å². The van der Waals surface area contributed by atoms with Crippen molar-refractivity contribution in [2.45, 2.75) is 24.8 Å². The van der Waals surface area contributed by atoms with Crippen LogP contribution in [0.4, 0.5) is 4.39 Å². The maximum absolute atomic E-state index is 13.9. The molecule has 3 aromatic rings. The second kappa shape index (κ2) is 9.76. The molecule has 2 aliphatic heterocycles.